The Morgan fingerprint density at radius 2 is 1.43 bits per heavy atom. The van der Waals surface area contributed by atoms with Crippen LogP contribution >= 0.6 is 12.4 Å². The maximum atomic E-state index is 12.4. The minimum atomic E-state index is 0. The normalized spacial score (nSPS) is 9.91. The van der Waals surface area contributed by atoms with E-state index in [9.17, 15) is 4.79 Å². The molecular formula is C18H24ClN3O. The molecule has 0 bridgehead atoms. The second-order valence-electron chi connectivity index (χ2n) is 5.83. The van der Waals surface area contributed by atoms with Gasteiger partial charge in [-0.25, -0.2) is 0 Å². The molecule has 0 radical (unpaired) electrons. The predicted molar refractivity (Wildman–Crippen MR) is 101 cm³/mol. The van der Waals surface area contributed by atoms with Gasteiger partial charge in [-0.1, -0.05) is 12.1 Å². The van der Waals surface area contributed by atoms with E-state index in [0.29, 0.717) is 17.7 Å². The zero-order chi connectivity index (χ0) is 16.3. The molecule has 2 aromatic carbocycles. The summed E-state index contributed by atoms with van der Waals surface area (Å²) < 4.78 is 0. The van der Waals surface area contributed by atoms with Crippen molar-refractivity contribution in [2.45, 2.75) is 6.42 Å². The van der Waals surface area contributed by atoms with Crippen molar-refractivity contribution in [3.63, 3.8) is 0 Å². The van der Waals surface area contributed by atoms with Crippen LogP contribution in [0, 0.1) is 0 Å². The lowest BCUT2D eigenvalue weighted by molar-refractivity contribution is 0.0994. The quantitative estimate of drug-likeness (QED) is 0.674. The molecule has 124 valence electrons. The summed E-state index contributed by atoms with van der Waals surface area (Å²) in [5.74, 6) is 0.0420. The SMILES string of the molecule is CN(C)c1ccc(CC(=O)c2ccc(N(C)C)cc2N)cc1.Cl. The Morgan fingerprint density at radius 3 is 1.91 bits per heavy atom. The molecule has 2 N–H and O–H groups in total. The van der Waals surface area contributed by atoms with Crippen LogP contribution in [0.3, 0.4) is 0 Å². The van der Waals surface area contributed by atoms with Gasteiger partial charge in [0.2, 0.25) is 0 Å². The molecule has 0 unspecified atom stereocenters. The minimum absolute atomic E-state index is 0. The third-order valence-corrected chi connectivity index (χ3v) is 3.67. The minimum Gasteiger partial charge on any atom is -0.398 e. The van der Waals surface area contributed by atoms with Crippen molar-refractivity contribution in [2.75, 3.05) is 43.7 Å². The van der Waals surface area contributed by atoms with Crippen molar-refractivity contribution in [3.8, 4) is 0 Å². The monoisotopic (exact) mass is 333 g/mol. The van der Waals surface area contributed by atoms with Gasteiger partial charge < -0.3 is 15.5 Å². The van der Waals surface area contributed by atoms with E-state index in [1.165, 1.54) is 0 Å². The van der Waals surface area contributed by atoms with Gasteiger partial charge in [0.05, 0.1) is 0 Å². The van der Waals surface area contributed by atoms with E-state index < -0.39 is 0 Å². The van der Waals surface area contributed by atoms with Gasteiger partial charge in [-0.05, 0) is 35.9 Å². The number of nitrogen functional groups attached to an aromatic ring is 1. The van der Waals surface area contributed by atoms with Crippen LogP contribution in [0.2, 0.25) is 0 Å². The first-order chi connectivity index (χ1) is 10.4. The molecule has 0 amide bonds. The fourth-order valence-electron chi connectivity index (χ4n) is 2.27. The fourth-order valence-corrected chi connectivity index (χ4v) is 2.27. The van der Waals surface area contributed by atoms with E-state index in [0.717, 1.165) is 16.9 Å². The molecule has 4 nitrogen and oxygen atoms in total. The van der Waals surface area contributed by atoms with Crippen LogP contribution in [-0.2, 0) is 6.42 Å². The van der Waals surface area contributed by atoms with Gasteiger partial charge in [0.25, 0.3) is 0 Å². The van der Waals surface area contributed by atoms with Crippen molar-refractivity contribution in [1.29, 1.82) is 0 Å². The molecule has 0 aliphatic heterocycles. The van der Waals surface area contributed by atoms with E-state index in [1.807, 2.05) is 74.4 Å². The molecule has 0 saturated carbocycles. The summed E-state index contributed by atoms with van der Waals surface area (Å²) >= 11 is 0. The molecule has 2 rings (SSSR count). The Kier molecular flexibility index (Phi) is 6.46. The van der Waals surface area contributed by atoms with Crippen LogP contribution in [0.4, 0.5) is 17.1 Å². The van der Waals surface area contributed by atoms with Gasteiger partial charge in [0, 0.05) is 57.2 Å². The predicted octanol–water partition coefficient (Wildman–Crippen LogP) is 3.25. The molecule has 5 heteroatoms. The highest BCUT2D eigenvalue weighted by atomic mass is 35.5. The number of ketones is 1. The highest BCUT2D eigenvalue weighted by molar-refractivity contribution is 6.02. The summed E-state index contributed by atoms with van der Waals surface area (Å²) in [5, 5.41) is 0. The van der Waals surface area contributed by atoms with Gasteiger partial charge in [-0.3, -0.25) is 4.79 Å². The Bertz CT molecular complexity index is 666. The lowest BCUT2D eigenvalue weighted by Gasteiger charge is -2.15. The molecule has 2 aromatic rings. The third-order valence-electron chi connectivity index (χ3n) is 3.67. The topological polar surface area (TPSA) is 49.6 Å². The Hall–Kier alpha value is -2.20. The maximum absolute atomic E-state index is 12.4. The first-order valence-electron chi connectivity index (χ1n) is 7.25. The Labute approximate surface area is 144 Å². The second kappa shape index (κ2) is 7.88. The van der Waals surface area contributed by atoms with E-state index in [2.05, 4.69) is 0 Å². The van der Waals surface area contributed by atoms with Crippen molar-refractivity contribution >= 4 is 35.3 Å². The molecule has 0 spiro atoms. The molecule has 0 aliphatic carbocycles. The molecule has 0 heterocycles. The van der Waals surface area contributed by atoms with Crippen LogP contribution in [0.25, 0.3) is 0 Å². The number of halogens is 1. The summed E-state index contributed by atoms with van der Waals surface area (Å²) in [6.07, 6.45) is 0.360. The average molecular weight is 334 g/mol. The fraction of sp³-hybridized carbons (Fsp3) is 0.278. The van der Waals surface area contributed by atoms with Crippen LogP contribution in [0.1, 0.15) is 15.9 Å². The number of hydrogen-bond acceptors (Lipinski definition) is 4. The van der Waals surface area contributed by atoms with Crippen LogP contribution in [0.15, 0.2) is 42.5 Å². The summed E-state index contributed by atoms with van der Waals surface area (Å²) in [4.78, 5) is 16.4. The van der Waals surface area contributed by atoms with Crippen LogP contribution in [-0.4, -0.2) is 34.0 Å². The van der Waals surface area contributed by atoms with Gasteiger partial charge in [0.1, 0.15) is 0 Å². The average Bonchev–Trinajstić information content (AvgIpc) is 2.47. The van der Waals surface area contributed by atoms with Crippen molar-refractivity contribution in [2.24, 2.45) is 0 Å². The first kappa shape index (κ1) is 18.8. The maximum Gasteiger partial charge on any atom is 0.169 e. The van der Waals surface area contributed by atoms with E-state index in [-0.39, 0.29) is 18.2 Å². The van der Waals surface area contributed by atoms with E-state index in [4.69, 9.17) is 5.73 Å². The van der Waals surface area contributed by atoms with Crippen molar-refractivity contribution < 1.29 is 4.79 Å². The molecule has 23 heavy (non-hydrogen) atoms. The lowest BCUT2D eigenvalue weighted by Crippen LogP contribution is -2.12. The molecule has 0 atom stereocenters. The molecular weight excluding hydrogens is 310 g/mol. The second-order valence-corrected chi connectivity index (χ2v) is 5.83. The number of rotatable bonds is 5. The molecule has 0 aliphatic rings. The smallest absolute Gasteiger partial charge is 0.169 e. The summed E-state index contributed by atoms with van der Waals surface area (Å²) in [6, 6.07) is 13.6. The number of Topliss-reactive ketones (excluding diaryl/α,β-unsaturated/α-hetero) is 1. The number of nitrogens with two attached hydrogens (primary N) is 1. The third kappa shape index (κ3) is 4.63. The highest BCUT2D eigenvalue weighted by Crippen LogP contribution is 2.22. The van der Waals surface area contributed by atoms with Crippen molar-refractivity contribution in [1.82, 2.24) is 0 Å². The highest BCUT2D eigenvalue weighted by Gasteiger charge is 2.12. The van der Waals surface area contributed by atoms with Gasteiger partial charge in [-0.2, -0.15) is 0 Å². The molecule has 0 saturated heterocycles. The van der Waals surface area contributed by atoms with Crippen molar-refractivity contribution in [3.05, 3.63) is 53.6 Å². The summed E-state index contributed by atoms with van der Waals surface area (Å²) in [7, 11) is 7.88. The van der Waals surface area contributed by atoms with Gasteiger partial charge in [-0.15, -0.1) is 12.4 Å². The largest absolute Gasteiger partial charge is 0.398 e. The van der Waals surface area contributed by atoms with E-state index >= 15 is 0 Å². The summed E-state index contributed by atoms with van der Waals surface area (Å²) in [5.41, 5.74) is 10.2. The molecule has 0 aromatic heterocycles. The molecule has 0 fully saturated rings. The Morgan fingerprint density at radius 1 is 0.913 bits per heavy atom. The van der Waals surface area contributed by atoms with E-state index in [1.54, 1.807) is 6.07 Å². The number of carbonyl (C=O) groups excluding carboxylic acids is 1. The van der Waals surface area contributed by atoms with Gasteiger partial charge in [0.15, 0.2) is 5.78 Å². The standard InChI is InChI=1S/C18H23N3O.ClH/c1-20(2)14-7-5-13(6-8-14)11-18(22)16-10-9-15(21(3)4)12-17(16)19;/h5-10,12H,11,19H2,1-4H3;1H. The van der Waals surface area contributed by atoms with Gasteiger partial charge >= 0.3 is 0 Å². The number of carbonyl (C=O) groups is 1. The zero-order valence-corrected chi connectivity index (χ0v) is 14.9. The van der Waals surface area contributed by atoms with Crippen LogP contribution in [0.5, 0.6) is 0 Å². The Balaban J connectivity index is 0.00000264. The number of hydrogen-bond donors (Lipinski definition) is 1. The number of benzene rings is 2. The van der Waals surface area contributed by atoms with Crippen LogP contribution < -0.4 is 15.5 Å². The summed E-state index contributed by atoms with van der Waals surface area (Å²) in [6.45, 7) is 0. The number of anilines is 3. The zero-order valence-electron chi connectivity index (χ0n) is 14.0. The lowest BCUT2D eigenvalue weighted by atomic mass is 10.0. The first-order valence-corrected chi connectivity index (χ1v) is 7.25. The number of nitrogens with zero attached hydrogens (tertiary/aromatic N) is 2.